The van der Waals surface area contributed by atoms with Gasteiger partial charge >= 0.3 is 0 Å². The summed E-state index contributed by atoms with van der Waals surface area (Å²) in [6.07, 6.45) is 1.91. The van der Waals surface area contributed by atoms with E-state index in [0.29, 0.717) is 17.3 Å². The molecule has 0 fully saturated rings. The largest absolute Gasteiger partial charge is 0.340 e. The number of nitrogens with zero attached hydrogens (tertiary/aromatic N) is 4. The molecule has 3 heterocycles. The number of hydrogen-bond acceptors (Lipinski definition) is 8. The molecule has 0 atom stereocenters. The summed E-state index contributed by atoms with van der Waals surface area (Å²) in [6, 6.07) is 12.6. The highest BCUT2D eigenvalue weighted by molar-refractivity contribution is 7.89. The Morgan fingerprint density at radius 3 is 2.64 bits per heavy atom. The Morgan fingerprint density at radius 2 is 1.88 bits per heavy atom. The predicted octanol–water partition coefficient (Wildman–Crippen LogP) is 4.74. The number of anilines is 2. The van der Waals surface area contributed by atoms with Gasteiger partial charge in [0, 0.05) is 34.7 Å². The van der Waals surface area contributed by atoms with Gasteiger partial charge in [0.2, 0.25) is 10.0 Å². The first kappa shape index (κ1) is 21.7. The molecule has 0 radical (unpaired) electrons. The topological polar surface area (TPSA) is 118 Å². The number of halogens is 1. The highest BCUT2D eigenvalue weighted by Gasteiger charge is 2.35. The molecule has 0 saturated carbocycles. The summed E-state index contributed by atoms with van der Waals surface area (Å²) in [5, 5.41) is 16.1. The van der Waals surface area contributed by atoms with E-state index in [2.05, 4.69) is 15.3 Å². The molecule has 33 heavy (non-hydrogen) atoms. The number of para-hydroxylation sites is 1. The van der Waals surface area contributed by atoms with E-state index in [4.69, 9.17) is 11.6 Å². The molecule has 0 spiro atoms. The SMILES string of the molecule is O=[N+]([O-])c1ccccc1S(=O)(=O)N1CCc2c(sc3ncnc(Nc4ccc(Cl)cc4)c23)C1. The highest BCUT2D eigenvalue weighted by Crippen LogP contribution is 2.39. The number of benzene rings is 2. The van der Waals surface area contributed by atoms with Crippen LogP contribution in [0.2, 0.25) is 5.02 Å². The Balaban J connectivity index is 1.50. The maximum absolute atomic E-state index is 13.2. The van der Waals surface area contributed by atoms with Gasteiger partial charge in [-0.2, -0.15) is 4.31 Å². The molecular weight excluding hydrogens is 486 g/mol. The Bertz CT molecular complexity index is 1490. The van der Waals surface area contributed by atoms with Gasteiger partial charge in [0.05, 0.1) is 10.3 Å². The molecule has 1 aliphatic rings. The zero-order valence-corrected chi connectivity index (χ0v) is 19.3. The summed E-state index contributed by atoms with van der Waals surface area (Å²) in [6.45, 7) is 0.313. The fourth-order valence-electron chi connectivity index (χ4n) is 3.84. The first-order valence-electron chi connectivity index (χ1n) is 9.86. The number of rotatable bonds is 5. The Labute approximate surface area is 197 Å². The van der Waals surface area contributed by atoms with Gasteiger partial charge in [-0.3, -0.25) is 10.1 Å². The van der Waals surface area contributed by atoms with Gasteiger partial charge in [0.15, 0.2) is 4.90 Å². The Morgan fingerprint density at radius 1 is 1.12 bits per heavy atom. The lowest BCUT2D eigenvalue weighted by atomic mass is 10.1. The van der Waals surface area contributed by atoms with Crippen molar-refractivity contribution in [2.45, 2.75) is 17.9 Å². The van der Waals surface area contributed by atoms with Crippen LogP contribution < -0.4 is 5.32 Å². The van der Waals surface area contributed by atoms with Crippen LogP contribution in [-0.2, 0) is 23.0 Å². The van der Waals surface area contributed by atoms with Crippen molar-refractivity contribution < 1.29 is 13.3 Å². The summed E-state index contributed by atoms with van der Waals surface area (Å²) in [5.41, 5.74) is 1.37. The zero-order valence-electron chi connectivity index (χ0n) is 16.9. The van der Waals surface area contributed by atoms with Crippen LogP contribution in [0.1, 0.15) is 10.4 Å². The molecule has 0 bridgehead atoms. The molecule has 4 aromatic rings. The molecule has 1 aliphatic heterocycles. The molecule has 5 rings (SSSR count). The maximum Gasteiger partial charge on any atom is 0.289 e. The zero-order chi connectivity index (χ0) is 23.2. The summed E-state index contributed by atoms with van der Waals surface area (Å²) < 4.78 is 27.8. The van der Waals surface area contributed by atoms with Gasteiger partial charge in [0.1, 0.15) is 17.0 Å². The molecule has 2 aromatic carbocycles. The minimum atomic E-state index is -4.05. The van der Waals surface area contributed by atoms with Gasteiger partial charge in [-0.1, -0.05) is 23.7 Å². The van der Waals surface area contributed by atoms with E-state index in [1.165, 1.54) is 46.2 Å². The fraction of sp³-hybridized carbons (Fsp3) is 0.143. The van der Waals surface area contributed by atoms with Crippen molar-refractivity contribution in [2.75, 3.05) is 11.9 Å². The summed E-state index contributed by atoms with van der Waals surface area (Å²) >= 11 is 7.37. The molecular formula is C21H16ClN5O4S2. The van der Waals surface area contributed by atoms with Crippen LogP contribution in [0.5, 0.6) is 0 Å². The number of aromatic nitrogens is 2. The average molecular weight is 502 g/mol. The molecule has 9 nitrogen and oxygen atoms in total. The van der Waals surface area contributed by atoms with Crippen LogP contribution in [0.3, 0.4) is 0 Å². The first-order chi connectivity index (χ1) is 15.8. The summed E-state index contributed by atoms with van der Waals surface area (Å²) in [4.78, 5) is 20.8. The molecule has 1 N–H and O–H groups in total. The lowest BCUT2D eigenvalue weighted by Gasteiger charge is -2.26. The second kappa shape index (κ2) is 8.34. The minimum absolute atomic E-state index is 0.116. The number of sulfonamides is 1. The monoisotopic (exact) mass is 501 g/mol. The lowest BCUT2D eigenvalue weighted by molar-refractivity contribution is -0.387. The van der Waals surface area contributed by atoms with Crippen molar-refractivity contribution >= 4 is 60.4 Å². The normalized spacial score (nSPS) is 14.2. The van der Waals surface area contributed by atoms with Gasteiger partial charge in [0.25, 0.3) is 5.69 Å². The van der Waals surface area contributed by atoms with E-state index in [1.807, 2.05) is 12.1 Å². The first-order valence-corrected chi connectivity index (χ1v) is 12.5. The number of fused-ring (bicyclic) bond motifs is 3. The van der Waals surface area contributed by atoms with Crippen molar-refractivity contribution in [2.24, 2.45) is 0 Å². The van der Waals surface area contributed by atoms with Crippen molar-refractivity contribution in [3.05, 3.63) is 80.4 Å². The standard InChI is InChI=1S/C21H16ClN5O4S2/c22-13-5-7-14(8-6-13)25-20-19-15-9-10-26(11-17(15)32-21(19)24-12-23-20)33(30,31)18-4-2-1-3-16(18)27(28)29/h1-8,12H,9-11H2,(H,23,24,25). The summed E-state index contributed by atoms with van der Waals surface area (Å²) in [5.74, 6) is 0.634. The number of thiophene rings is 1. The quantitative estimate of drug-likeness (QED) is 0.310. The van der Waals surface area contributed by atoms with E-state index in [1.54, 1.807) is 12.1 Å². The van der Waals surface area contributed by atoms with Crippen LogP contribution in [0.25, 0.3) is 10.2 Å². The lowest BCUT2D eigenvalue weighted by Crippen LogP contribution is -2.35. The van der Waals surface area contributed by atoms with Gasteiger partial charge < -0.3 is 5.32 Å². The van der Waals surface area contributed by atoms with Crippen molar-refractivity contribution in [3.8, 4) is 0 Å². The highest BCUT2D eigenvalue weighted by atomic mass is 35.5. The van der Waals surface area contributed by atoms with Crippen molar-refractivity contribution in [1.82, 2.24) is 14.3 Å². The second-order valence-corrected chi connectivity index (χ2v) is 10.8. The van der Waals surface area contributed by atoms with E-state index in [0.717, 1.165) is 26.3 Å². The van der Waals surface area contributed by atoms with Crippen LogP contribution in [0, 0.1) is 10.1 Å². The maximum atomic E-state index is 13.2. The molecule has 12 heteroatoms. The van der Waals surface area contributed by atoms with Crippen molar-refractivity contribution in [3.63, 3.8) is 0 Å². The van der Waals surface area contributed by atoms with Crippen LogP contribution in [-0.4, -0.2) is 34.2 Å². The molecule has 0 unspecified atom stereocenters. The molecule has 168 valence electrons. The smallest absolute Gasteiger partial charge is 0.289 e. The third kappa shape index (κ3) is 3.93. The molecule has 0 aliphatic carbocycles. The Hall–Kier alpha value is -3.12. The van der Waals surface area contributed by atoms with Gasteiger partial charge in [-0.05, 0) is 42.3 Å². The number of nitrogens with one attached hydrogen (secondary N) is 1. The predicted molar refractivity (Wildman–Crippen MR) is 127 cm³/mol. The fourth-order valence-corrected chi connectivity index (χ4v) is 6.82. The third-order valence-corrected chi connectivity index (χ3v) is 8.66. The average Bonchev–Trinajstić information content (AvgIpc) is 3.19. The minimum Gasteiger partial charge on any atom is -0.340 e. The Kier molecular flexibility index (Phi) is 5.49. The number of hydrogen-bond donors (Lipinski definition) is 1. The van der Waals surface area contributed by atoms with Gasteiger partial charge in [-0.15, -0.1) is 11.3 Å². The number of nitro groups is 1. The third-order valence-electron chi connectivity index (χ3n) is 5.39. The molecule has 0 saturated heterocycles. The molecule has 2 aromatic heterocycles. The van der Waals surface area contributed by atoms with Crippen LogP contribution >= 0.6 is 22.9 Å². The van der Waals surface area contributed by atoms with Crippen molar-refractivity contribution in [1.29, 1.82) is 0 Å². The van der Waals surface area contributed by atoms with E-state index in [9.17, 15) is 18.5 Å². The van der Waals surface area contributed by atoms with Crippen LogP contribution in [0.4, 0.5) is 17.2 Å². The van der Waals surface area contributed by atoms with E-state index >= 15 is 0 Å². The number of nitro benzene ring substituents is 1. The summed E-state index contributed by atoms with van der Waals surface area (Å²) in [7, 11) is -4.05. The van der Waals surface area contributed by atoms with E-state index < -0.39 is 20.6 Å². The van der Waals surface area contributed by atoms with Crippen LogP contribution in [0.15, 0.2) is 59.8 Å². The molecule has 0 amide bonds. The van der Waals surface area contributed by atoms with E-state index in [-0.39, 0.29) is 18.0 Å². The second-order valence-electron chi connectivity index (χ2n) is 7.35. The van der Waals surface area contributed by atoms with Gasteiger partial charge in [-0.25, -0.2) is 18.4 Å².